The van der Waals surface area contributed by atoms with E-state index in [-0.39, 0.29) is 29.8 Å². The molecule has 6 heteroatoms. The topological polar surface area (TPSA) is 39.7 Å². The fraction of sp³-hybridized carbons (Fsp3) is 0.650. The lowest BCUT2D eigenvalue weighted by atomic mass is 10.0. The van der Waals surface area contributed by atoms with Gasteiger partial charge in [0.2, 0.25) is 0 Å². The number of hydrogen-bond acceptors (Lipinski definition) is 2. The molecule has 1 unspecified atom stereocenters. The van der Waals surface area contributed by atoms with Crippen LogP contribution in [-0.4, -0.2) is 43.6 Å². The van der Waals surface area contributed by atoms with E-state index in [1.54, 1.807) is 12.1 Å². The van der Waals surface area contributed by atoms with Crippen molar-refractivity contribution in [2.24, 2.45) is 10.9 Å². The van der Waals surface area contributed by atoms with Crippen molar-refractivity contribution in [3.8, 4) is 0 Å². The van der Waals surface area contributed by atoms with Gasteiger partial charge in [-0.3, -0.25) is 0 Å². The van der Waals surface area contributed by atoms with Crippen molar-refractivity contribution in [2.75, 3.05) is 32.7 Å². The number of piperidine rings is 1. The van der Waals surface area contributed by atoms with E-state index in [2.05, 4.69) is 27.4 Å². The molecule has 0 aromatic heterocycles. The van der Waals surface area contributed by atoms with Crippen molar-refractivity contribution in [2.45, 2.75) is 46.1 Å². The average molecular weight is 476 g/mol. The summed E-state index contributed by atoms with van der Waals surface area (Å²) >= 11 is 0. The summed E-state index contributed by atoms with van der Waals surface area (Å²) in [6, 6.07) is 6.81. The van der Waals surface area contributed by atoms with Crippen LogP contribution in [0, 0.1) is 11.7 Å². The van der Waals surface area contributed by atoms with Gasteiger partial charge in [0.1, 0.15) is 5.82 Å². The first-order chi connectivity index (χ1) is 12.2. The van der Waals surface area contributed by atoms with Gasteiger partial charge in [0.05, 0.1) is 6.54 Å². The highest BCUT2D eigenvalue weighted by atomic mass is 127. The second kappa shape index (κ2) is 13.3. The number of rotatable bonds is 8. The second-order valence-corrected chi connectivity index (χ2v) is 6.97. The van der Waals surface area contributed by atoms with Crippen LogP contribution in [0.5, 0.6) is 0 Å². The predicted molar refractivity (Wildman–Crippen MR) is 119 cm³/mol. The van der Waals surface area contributed by atoms with E-state index in [9.17, 15) is 4.39 Å². The highest BCUT2D eigenvalue weighted by Gasteiger charge is 2.15. The van der Waals surface area contributed by atoms with Gasteiger partial charge < -0.3 is 15.5 Å². The zero-order chi connectivity index (χ0) is 17.9. The van der Waals surface area contributed by atoms with Crippen LogP contribution in [0.15, 0.2) is 29.3 Å². The van der Waals surface area contributed by atoms with Crippen LogP contribution < -0.4 is 10.6 Å². The number of nitrogens with one attached hydrogen (secondary N) is 2. The minimum absolute atomic E-state index is 0. The number of hydrogen-bond donors (Lipinski definition) is 2. The number of unbranched alkanes of at least 4 members (excludes halogenated alkanes) is 1. The summed E-state index contributed by atoms with van der Waals surface area (Å²) < 4.78 is 13.7. The summed E-state index contributed by atoms with van der Waals surface area (Å²) in [6.45, 7) is 10.1. The van der Waals surface area contributed by atoms with Crippen molar-refractivity contribution in [1.29, 1.82) is 0 Å². The molecule has 1 saturated heterocycles. The highest BCUT2D eigenvalue weighted by molar-refractivity contribution is 14.0. The van der Waals surface area contributed by atoms with Crippen LogP contribution in [0.1, 0.15) is 45.1 Å². The zero-order valence-corrected chi connectivity index (χ0v) is 18.5. The molecule has 0 saturated carbocycles. The third-order valence-corrected chi connectivity index (χ3v) is 4.64. The van der Waals surface area contributed by atoms with Crippen molar-refractivity contribution in [3.63, 3.8) is 0 Å². The molecule has 0 spiro atoms. The first-order valence-electron chi connectivity index (χ1n) is 9.67. The number of benzene rings is 1. The summed E-state index contributed by atoms with van der Waals surface area (Å²) in [5, 5.41) is 6.58. The lowest BCUT2D eigenvalue weighted by Crippen LogP contribution is -2.38. The molecule has 0 amide bonds. The molecule has 1 aliphatic heterocycles. The number of halogens is 2. The van der Waals surface area contributed by atoms with E-state index in [1.807, 2.05) is 13.0 Å². The van der Waals surface area contributed by atoms with Gasteiger partial charge in [0, 0.05) is 25.2 Å². The Morgan fingerprint density at radius 1 is 1.27 bits per heavy atom. The molecule has 2 rings (SSSR count). The van der Waals surface area contributed by atoms with E-state index in [4.69, 9.17) is 0 Å². The van der Waals surface area contributed by atoms with Crippen LogP contribution in [0.25, 0.3) is 0 Å². The lowest BCUT2D eigenvalue weighted by Gasteiger charge is -2.30. The number of likely N-dealkylation sites (tertiary alicyclic amines) is 1. The third kappa shape index (κ3) is 8.66. The quantitative estimate of drug-likeness (QED) is 0.258. The van der Waals surface area contributed by atoms with E-state index in [1.165, 1.54) is 45.0 Å². The minimum atomic E-state index is -0.196. The molecule has 1 aromatic rings. The Bertz CT molecular complexity index is 538. The molecule has 0 aliphatic carbocycles. The third-order valence-electron chi connectivity index (χ3n) is 4.64. The standard InChI is InChI=1S/C20H33FN4.HI/c1-3-22-20(24-15-18-10-4-5-11-19(18)21)23-12-6-7-13-25-14-8-9-17(2)16-25;/h4-5,10-11,17H,3,6-9,12-16H2,1-2H3,(H2,22,23,24);1H. The number of guanidine groups is 1. The summed E-state index contributed by atoms with van der Waals surface area (Å²) in [4.78, 5) is 7.07. The molecule has 1 fully saturated rings. The monoisotopic (exact) mass is 476 g/mol. The van der Waals surface area contributed by atoms with Crippen molar-refractivity contribution in [3.05, 3.63) is 35.6 Å². The molecule has 0 radical (unpaired) electrons. The van der Waals surface area contributed by atoms with Gasteiger partial charge in [-0.15, -0.1) is 24.0 Å². The molecule has 148 valence electrons. The molecule has 1 atom stereocenters. The molecule has 1 aromatic carbocycles. The summed E-state index contributed by atoms with van der Waals surface area (Å²) in [5.41, 5.74) is 0.624. The molecule has 1 heterocycles. The van der Waals surface area contributed by atoms with Crippen LogP contribution >= 0.6 is 24.0 Å². The van der Waals surface area contributed by atoms with Gasteiger partial charge in [0.15, 0.2) is 5.96 Å². The van der Waals surface area contributed by atoms with Crippen LogP contribution in [0.2, 0.25) is 0 Å². The van der Waals surface area contributed by atoms with Gasteiger partial charge in [-0.25, -0.2) is 9.38 Å². The van der Waals surface area contributed by atoms with E-state index in [0.717, 1.165) is 31.4 Å². The largest absolute Gasteiger partial charge is 0.357 e. The Morgan fingerprint density at radius 2 is 2.08 bits per heavy atom. The van der Waals surface area contributed by atoms with Gasteiger partial charge in [-0.2, -0.15) is 0 Å². The normalized spacial score (nSPS) is 18.3. The molecule has 4 nitrogen and oxygen atoms in total. The predicted octanol–water partition coefficient (Wildman–Crippen LogP) is 4.01. The first kappa shape index (κ1) is 23.1. The molecule has 26 heavy (non-hydrogen) atoms. The molecule has 1 aliphatic rings. The highest BCUT2D eigenvalue weighted by Crippen LogP contribution is 2.15. The van der Waals surface area contributed by atoms with Gasteiger partial charge in [-0.1, -0.05) is 25.1 Å². The maximum atomic E-state index is 13.7. The maximum Gasteiger partial charge on any atom is 0.191 e. The Morgan fingerprint density at radius 3 is 2.81 bits per heavy atom. The Labute approximate surface area is 175 Å². The first-order valence-corrected chi connectivity index (χ1v) is 9.67. The Balaban J connectivity index is 0.00000338. The Kier molecular flexibility index (Phi) is 11.8. The molecular formula is C20H34FIN4. The second-order valence-electron chi connectivity index (χ2n) is 6.97. The van der Waals surface area contributed by atoms with Crippen molar-refractivity contribution in [1.82, 2.24) is 15.5 Å². The van der Waals surface area contributed by atoms with Gasteiger partial charge in [-0.05, 0) is 57.7 Å². The zero-order valence-electron chi connectivity index (χ0n) is 16.1. The Hall–Kier alpha value is -0.890. The summed E-state index contributed by atoms with van der Waals surface area (Å²) in [6.07, 6.45) is 5.04. The van der Waals surface area contributed by atoms with E-state index in [0.29, 0.717) is 12.1 Å². The SMILES string of the molecule is CCNC(=NCc1ccccc1F)NCCCCN1CCCC(C)C1.I. The summed E-state index contributed by atoms with van der Waals surface area (Å²) in [7, 11) is 0. The molecule has 2 N–H and O–H groups in total. The average Bonchev–Trinajstić information content (AvgIpc) is 2.60. The van der Waals surface area contributed by atoms with E-state index >= 15 is 0 Å². The molecule has 0 bridgehead atoms. The van der Waals surface area contributed by atoms with E-state index < -0.39 is 0 Å². The minimum Gasteiger partial charge on any atom is -0.357 e. The van der Waals surface area contributed by atoms with Crippen LogP contribution in [-0.2, 0) is 6.54 Å². The van der Waals surface area contributed by atoms with Gasteiger partial charge in [0.25, 0.3) is 0 Å². The fourth-order valence-electron chi connectivity index (χ4n) is 3.29. The fourth-order valence-corrected chi connectivity index (χ4v) is 3.29. The lowest BCUT2D eigenvalue weighted by molar-refractivity contribution is 0.181. The van der Waals surface area contributed by atoms with Crippen molar-refractivity contribution >= 4 is 29.9 Å². The van der Waals surface area contributed by atoms with Crippen molar-refractivity contribution < 1.29 is 4.39 Å². The van der Waals surface area contributed by atoms with Crippen LogP contribution in [0.3, 0.4) is 0 Å². The van der Waals surface area contributed by atoms with Gasteiger partial charge >= 0.3 is 0 Å². The summed E-state index contributed by atoms with van der Waals surface area (Å²) in [5.74, 6) is 1.41. The maximum absolute atomic E-state index is 13.7. The number of nitrogens with zero attached hydrogens (tertiary/aromatic N) is 2. The smallest absolute Gasteiger partial charge is 0.191 e. The number of aliphatic imine (C=N–C) groups is 1. The molecular weight excluding hydrogens is 442 g/mol. The van der Waals surface area contributed by atoms with Crippen LogP contribution in [0.4, 0.5) is 4.39 Å².